The van der Waals surface area contributed by atoms with Gasteiger partial charge >= 0.3 is 11.9 Å². The molecule has 0 rings (SSSR count). The van der Waals surface area contributed by atoms with Gasteiger partial charge in [-0.1, -0.05) is 199 Å². The number of nitrogens with zero attached hydrogens (tertiary/aromatic N) is 1. The van der Waals surface area contributed by atoms with Crippen LogP contribution >= 0.6 is 0 Å². The third-order valence-electron chi connectivity index (χ3n) is 11.4. The number of carbonyl (C=O) groups is 3. The van der Waals surface area contributed by atoms with Crippen LogP contribution in [-0.4, -0.2) is 75.5 Å². The molecule has 0 spiro atoms. The Morgan fingerprint density at radius 1 is 0.525 bits per heavy atom. The maximum absolute atomic E-state index is 12.7. The molecule has 8 nitrogen and oxygen atoms in total. The van der Waals surface area contributed by atoms with Crippen molar-refractivity contribution in [3.63, 3.8) is 0 Å². The highest BCUT2D eigenvalue weighted by Crippen LogP contribution is 2.16. The molecule has 0 aromatic carbocycles. The molecule has 0 N–H and O–H groups in total. The minimum atomic E-state index is -1.12. The molecule has 0 aromatic heterocycles. The third kappa shape index (κ3) is 41.0. The van der Waals surface area contributed by atoms with Gasteiger partial charge in [0.25, 0.3) is 0 Å². The second kappa shape index (κ2) is 42.5. The van der Waals surface area contributed by atoms with Crippen molar-refractivity contribution >= 4 is 17.9 Å². The number of carbonyl (C=O) groups excluding carboxylic acids is 3. The van der Waals surface area contributed by atoms with E-state index in [0.717, 1.165) is 51.4 Å². The molecular weight excluding hydrogens is 739 g/mol. The number of quaternary nitrogens is 1. The fraction of sp³-hybridized carbons (Fsp3) is 0.863. The predicted molar refractivity (Wildman–Crippen MR) is 245 cm³/mol. The molecule has 0 aliphatic carbocycles. The molecule has 0 saturated heterocycles. The van der Waals surface area contributed by atoms with E-state index in [0.29, 0.717) is 12.8 Å². The van der Waals surface area contributed by atoms with Gasteiger partial charge in [-0.25, -0.2) is 0 Å². The molecule has 0 aromatic rings. The first kappa shape index (κ1) is 56.8. The van der Waals surface area contributed by atoms with Gasteiger partial charge in [-0.2, -0.15) is 0 Å². The van der Waals surface area contributed by atoms with Crippen molar-refractivity contribution in [3.05, 3.63) is 24.3 Å². The van der Waals surface area contributed by atoms with Gasteiger partial charge < -0.3 is 28.6 Å². The minimum absolute atomic E-state index is 0.0461. The molecule has 0 aliphatic heterocycles. The van der Waals surface area contributed by atoms with E-state index in [1.165, 1.54) is 148 Å². The van der Waals surface area contributed by atoms with Crippen molar-refractivity contribution in [2.24, 2.45) is 0 Å². The van der Waals surface area contributed by atoms with E-state index in [1.807, 2.05) is 21.1 Å². The molecule has 59 heavy (non-hydrogen) atoms. The van der Waals surface area contributed by atoms with E-state index in [-0.39, 0.29) is 42.7 Å². The lowest BCUT2D eigenvalue weighted by Crippen LogP contribution is -2.55. The van der Waals surface area contributed by atoms with Gasteiger partial charge in [-0.3, -0.25) is 9.59 Å². The van der Waals surface area contributed by atoms with Crippen LogP contribution in [0.5, 0.6) is 0 Å². The summed E-state index contributed by atoms with van der Waals surface area (Å²) in [5.74, 6) is -1.72. The molecule has 0 aliphatic rings. The zero-order valence-electron chi connectivity index (χ0n) is 39.4. The Kier molecular flexibility index (Phi) is 40.9. The number of carboxylic acids is 1. The summed E-state index contributed by atoms with van der Waals surface area (Å²) in [5, 5.41) is 11.6. The molecule has 0 saturated carbocycles. The van der Waals surface area contributed by atoms with E-state index in [4.69, 9.17) is 14.2 Å². The zero-order chi connectivity index (χ0) is 43.5. The Morgan fingerprint density at radius 3 is 1.39 bits per heavy atom. The first-order chi connectivity index (χ1) is 28.6. The highest BCUT2D eigenvalue weighted by molar-refractivity contribution is 5.70. The maximum atomic E-state index is 12.7. The fourth-order valence-electron chi connectivity index (χ4n) is 7.52. The van der Waals surface area contributed by atoms with Gasteiger partial charge in [0.2, 0.25) is 0 Å². The number of ether oxygens (including phenoxy) is 3. The normalized spacial score (nSPS) is 13.0. The summed E-state index contributed by atoms with van der Waals surface area (Å²) < 4.78 is 17.2. The number of aliphatic carboxylic acids is 1. The van der Waals surface area contributed by atoms with Crippen LogP contribution in [0.25, 0.3) is 0 Å². The van der Waals surface area contributed by atoms with Gasteiger partial charge in [0, 0.05) is 19.3 Å². The predicted octanol–water partition coefficient (Wildman–Crippen LogP) is 12.7. The van der Waals surface area contributed by atoms with Crippen LogP contribution in [0, 0.1) is 0 Å². The highest BCUT2D eigenvalue weighted by Gasteiger charge is 2.25. The summed E-state index contributed by atoms with van der Waals surface area (Å²) in [6.45, 7) is 4.60. The lowest BCUT2D eigenvalue weighted by atomic mass is 10.0. The van der Waals surface area contributed by atoms with E-state index < -0.39 is 18.1 Å². The van der Waals surface area contributed by atoms with E-state index in [2.05, 4.69) is 38.2 Å². The largest absolute Gasteiger partial charge is 0.544 e. The average Bonchev–Trinajstić information content (AvgIpc) is 3.19. The van der Waals surface area contributed by atoms with Gasteiger partial charge in [0.15, 0.2) is 6.10 Å². The number of unbranched alkanes of at least 4 members (excludes halogenated alkanes) is 27. The monoisotopic (exact) mass is 834 g/mol. The molecule has 0 amide bonds. The Hall–Kier alpha value is -2.19. The van der Waals surface area contributed by atoms with Crippen molar-refractivity contribution < 1.29 is 38.2 Å². The van der Waals surface area contributed by atoms with E-state index in [9.17, 15) is 19.5 Å². The number of hydrogen-bond donors (Lipinski definition) is 0. The fourth-order valence-corrected chi connectivity index (χ4v) is 7.52. The molecule has 346 valence electrons. The van der Waals surface area contributed by atoms with Gasteiger partial charge in [-0.05, 0) is 38.5 Å². The Bertz CT molecular complexity index is 1020. The average molecular weight is 834 g/mol. The Morgan fingerprint density at radius 2 is 0.949 bits per heavy atom. The second-order valence-corrected chi connectivity index (χ2v) is 18.0. The quantitative estimate of drug-likeness (QED) is 0.0260. The molecular formula is C51H95NO7. The summed E-state index contributed by atoms with van der Waals surface area (Å²) in [6.07, 6.45) is 47.8. The number of rotatable bonds is 45. The van der Waals surface area contributed by atoms with Crippen LogP contribution in [-0.2, 0) is 28.6 Å². The van der Waals surface area contributed by atoms with E-state index in [1.54, 1.807) is 0 Å². The van der Waals surface area contributed by atoms with Gasteiger partial charge in [0.05, 0.1) is 40.3 Å². The summed E-state index contributed by atoms with van der Waals surface area (Å²) in [4.78, 5) is 37.0. The first-order valence-electron chi connectivity index (χ1n) is 24.9. The number of likely N-dealkylation sites (N-methyl/N-ethyl adjacent to an activating group) is 1. The Balaban J connectivity index is 4.18. The summed E-state index contributed by atoms with van der Waals surface area (Å²) >= 11 is 0. The molecule has 2 atom stereocenters. The minimum Gasteiger partial charge on any atom is -0.544 e. The van der Waals surface area contributed by atoms with Crippen molar-refractivity contribution in [1.82, 2.24) is 0 Å². The maximum Gasteiger partial charge on any atom is 0.306 e. The second-order valence-electron chi connectivity index (χ2n) is 18.0. The zero-order valence-corrected chi connectivity index (χ0v) is 39.4. The molecule has 8 heteroatoms. The lowest BCUT2D eigenvalue weighted by molar-refractivity contribution is -0.889. The van der Waals surface area contributed by atoms with Crippen LogP contribution in [0.15, 0.2) is 24.3 Å². The van der Waals surface area contributed by atoms with Crippen molar-refractivity contribution in [2.75, 3.05) is 41.0 Å². The number of allylic oxidation sites excluding steroid dienone is 4. The summed E-state index contributed by atoms with van der Waals surface area (Å²) in [6, 6.07) is -0.722. The molecule has 0 bridgehead atoms. The SMILES string of the molecule is CC/C=C/C/C=C/CCCCCCCCCCCCCCCCC(=O)OCC(COCCC(C(=O)[O-])[N+](C)(C)C)OC(=O)CCCCCCCCCCCCCCCC. The van der Waals surface area contributed by atoms with E-state index >= 15 is 0 Å². The molecule has 0 radical (unpaired) electrons. The lowest BCUT2D eigenvalue weighted by Gasteiger charge is -2.34. The van der Waals surface area contributed by atoms with Crippen LogP contribution in [0.4, 0.5) is 0 Å². The standard InChI is InChI=1S/C51H95NO7/c1-6-8-10-12-14-16-18-20-22-23-24-25-26-27-28-30-31-33-35-37-39-41-49(53)58-46-47(45-57-44-43-48(51(55)56)52(3,4)5)59-50(54)42-40-38-36-34-32-29-21-19-17-15-13-11-9-7-2/h8,10,14,16,47-48H,6-7,9,11-13,15,17-46H2,1-5H3/b10-8+,16-14+. The van der Waals surface area contributed by atoms with Crippen LogP contribution in [0.2, 0.25) is 0 Å². The van der Waals surface area contributed by atoms with Crippen molar-refractivity contribution in [1.29, 1.82) is 0 Å². The highest BCUT2D eigenvalue weighted by atomic mass is 16.6. The van der Waals surface area contributed by atoms with Crippen LogP contribution in [0.3, 0.4) is 0 Å². The topological polar surface area (TPSA) is 102 Å². The number of hydrogen-bond acceptors (Lipinski definition) is 7. The van der Waals surface area contributed by atoms with Crippen molar-refractivity contribution in [2.45, 2.75) is 244 Å². The summed E-state index contributed by atoms with van der Waals surface area (Å²) in [7, 11) is 5.42. The Labute approximate surface area is 364 Å². The smallest absolute Gasteiger partial charge is 0.306 e. The number of carboxylic acid groups (broad SMARTS) is 1. The van der Waals surface area contributed by atoms with Crippen LogP contribution in [0.1, 0.15) is 232 Å². The van der Waals surface area contributed by atoms with Gasteiger partial charge in [-0.15, -0.1) is 0 Å². The summed E-state index contributed by atoms with van der Waals surface area (Å²) in [5.41, 5.74) is 0. The first-order valence-corrected chi connectivity index (χ1v) is 24.9. The molecule has 0 heterocycles. The van der Waals surface area contributed by atoms with Crippen LogP contribution < -0.4 is 5.11 Å². The molecule has 0 fully saturated rings. The van der Waals surface area contributed by atoms with Crippen molar-refractivity contribution in [3.8, 4) is 0 Å². The number of esters is 2. The third-order valence-corrected chi connectivity index (χ3v) is 11.4. The van der Waals surface area contributed by atoms with Gasteiger partial charge in [0.1, 0.15) is 12.6 Å². The molecule has 2 unspecified atom stereocenters.